The van der Waals surface area contributed by atoms with Gasteiger partial charge in [0.25, 0.3) is 0 Å². The zero-order valence-electron chi connectivity index (χ0n) is 6.08. The van der Waals surface area contributed by atoms with Crippen LogP contribution in [0.25, 0.3) is 0 Å². The molecule has 0 atom stereocenters. The van der Waals surface area contributed by atoms with Gasteiger partial charge in [0.1, 0.15) is 0 Å². The van der Waals surface area contributed by atoms with E-state index in [0.29, 0.717) is 0 Å². The number of rotatable bonds is 0. The minimum Gasteiger partial charge on any atom is -0.256 e. The van der Waals surface area contributed by atoms with Gasteiger partial charge >= 0.3 is 0 Å². The summed E-state index contributed by atoms with van der Waals surface area (Å²) in [6, 6.07) is 0. The molecule has 1 nitrogen and oxygen atoms in total. The molecule has 4 heteroatoms. The summed E-state index contributed by atoms with van der Waals surface area (Å²) in [6.45, 7) is 3.94. The summed E-state index contributed by atoms with van der Waals surface area (Å²) in [6.07, 6.45) is 0. The molecule has 1 aromatic heterocycles. The third kappa shape index (κ3) is 1.98. The zero-order valence-corrected chi connectivity index (χ0v) is 11.2. The van der Waals surface area contributed by atoms with Crippen molar-refractivity contribution < 1.29 is 0 Å². The van der Waals surface area contributed by atoms with Gasteiger partial charge in [0, 0.05) is 0 Å². The van der Waals surface area contributed by atoms with Crippen LogP contribution in [0.4, 0.5) is 0 Å². The first kappa shape index (κ1) is 9.98. The van der Waals surface area contributed by atoms with Crippen molar-refractivity contribution >= 4 is 56.8 Å². The molecule has 1 heterocycles. The Morgan fingerprint density at radius 1 is 1.09 bits per heavy atom. The average molecular weight is 393 g/mol. The number of hydrogen-bond acceptors (Lipinski definition) is 1. The quantitative estimate of drug-likeness (QED) is 0.615. The zero-order chi connectivity index (χ0) is 8.59. The number of pyridine rings is 1. The molecule has 0 radical (unpaired) electrons. The van der Waals surface area contributed by atoms with Gasteiger partial charge in [-0.3, -0.25) is 4.98 Å². The first-order valence-corrected chi connectivity index (χ1v) is 5.55. The van der Waals surface area contributed by atoms with Crippen LogP contribution in [0.2, 0.25) is 5.02 Å². The molecular weight excluding hydrogens is 387 g/mol. The van der Waals surface area contributed by atoms with Gasteiger partial charge in [-0.15, -0.1) is 0 Å². The number of halogens is 3. The van der Waals surface area contributed by atoms with Gasteiger partial charge in [0.05, 0.1) is 23.6 Å². The fourth-order valence-corrected chi connectivity index (χ4v) is 2.33. The second-order valence-corrected chi connectivity index (χ2v) is 4.76. The van der Waals surface area contributed by atoms with Gasteiger partial charge in [-0.05, 0) is 59.0 Å². The molecule has 0 spiro atoms. The van der Waals surface area contributed by atoms with Crippen molar-refractivity contribution in [3.8, 4) is 0 Å². The van der Waals surface area contributed by atoms with Gasteiger partial charge < -0.3 is 0 Å². The smallest absolute Gasteiger partial charge is 0.0709 e. The van der Waals surface area contributed by atoms with Crippen LogP contribution in [0.1, 0.15) is 11.4 Å². The number of aromatic nitrogens is 1. The number of aryl methyl sites for hydroxylation is 2. The number of nitrogens with zero attached hydrogens (tertiary/aromatic N) is 1. The minimum atomic E-state index is 0.830. The van der Waals surface area contributed by atoms with Gasteiger partial charge in [-0.25, -0.2) is 0 Å². The van der Waals surface area contributed by atoms with Crippen LogP contribution in [0.3, 0.4) is 0 Å². The molecule has 0 aliphatic carbocycles. The first-order valence-electron chi connectivity index (χ1n) is 3.01. The maximum Gasteiger partial charge on any atom is 0.0709 e. The van der Waals surface area contributed by atoms with E-state index in [2.05, 4.69) is 50.2 Å². The second kappa shape index (κ2) is 3.74. The molecule has 0 N–H and O–H groups in total. The molecule has 0 saturated heterocycles. The Bertz CT molecular complexity index is 273. The molecular formula is C7H6ClI2N. The highest BCUT2D eigenvalue weighted by Crippen LogP contribution is 2.27. The van der Waals surface area contributed by atoms with Crippen molar-refractivity contribution in [2.45, 2.75) is 13.8 Å². The van der Waals surface area contributed by atoms with E-state index in [0.717, 1.165) is 23.6 Å². The molecule has 0 bridgehead atoms. The molecule has 11 heavy (non-hydrogen) atoms. The lowest BCUT2D eigenvalue weighted by Gasteiger charge is -2.05. The Balaban J connectivity index is 3.46. The van der Waals surface area contributed by atoms with Crippen molar-refractivity contribution in [2.24, 2.45) is 0 Å². The van der Waals surface area contributed by atoms with E-state index in [-0.39, 0.29) is 0 Å². The van der Waals surface area contributed by atoms with E-state index in [1.807, 2.05) is 13.8 Å². The molecule has 60 valence electrons. The van der Waals surface area contributed by atoms with Gasteiger partial charge in [0.15, 0.2) is 0 Å². The lowest BCUT2D eigenvalue weighted by molar-refractivity contribution is 1.09. The number of hydrogen-bond donors (Lipinski definition) is 0. The summed E-state index contributed by atoms with van der Waals surface area (Å²) in [5.41, 5.74) is 2.02. The van der Waals surface area contributed by atoms with Crippen LogP contribution in [0.15, 0.2) is 0 Å². The van der Waals surface area contributed by atoms with E-state index in [4.69, 9.17) is 11.6 Å². The Morgan fingerprint density at radius 3 is 1.82 bits per heavy atom. The normalized spacial score (nSPS) is 10.3. The highest BCUT2D eigenvalue weighted by Gasteiger charge is 2.08. The monoisotopic (exact) mass is 393 g/mol. The van der Waals surface area contributed by atoms with Crippen molar-refractivity contribution in [3.05, 3.63) is 23.6 Å². The topological polar surface area (TPSA) is 12.9 Å². The predicted octanol–water partition coefficient (Wildman–Crippen LogP) is 3.56. The summed E-state index contributed by atoms with van der Waals surface area (Å²) in [4.78, 5) is 4.33. The maximum atomic E-state index is 6.03. The summed E-state index contributed by atoms with van der Waals surface area (Å²) in [7, 11) is 0. The van der Waals surface area contributed by atoms with E-state index < -0.39 is 0 Å². The lowest BCUT2D eigenvalue weighted by atomic mass is 10.3. The third-order valence-electron chi connectivity index (χ3n) is 1.36. The van der Waals surface area contributed by atoms with Crippen LogP contribution in [0.5, 0.6) is 0 Å². The van der Waals surface area contributed by atoms with Crippen LogP contribution in [0, 0.1) is 21.0 Å². The molecule has 0 aromatic carbocycles. The SMILES string of the molecule is Cc1nc(C)c(I)c(Cl)c1I. The Morgan fingerprint density at radius 2 is 1.45 bits per heavy atom. The van der Waals surface area contributed by atoms with Crippen molar-refractivity contribution in [3.63, 3.8) is 0 Å². The third-order valence-corrected chi connectivity index (χ3v) is 5.01. The predicted molar refractivity (Wildman–Crippen MR) is 64.2 cm³/mol. The summed E-state index contributed by atoms with van der Waals surface area (Å²) < 4.78 is 2.11. The van der Waals surface area contributed by atoms with Gasteiger partial charge in [-0.2, -0.15) is 0 Å². The average Bonchev–Trinajstić information content (AvgIpc) is 1.97. The first-order chi connectivity index (χ1) is 5.04. The molecule has 0 unspecified atom stereocenters. The van der Waals surface area contributed by atoms with Crippen LogP contribution >= 0.6 is 56.8 Å². The molecule has 0 saturated carbocycles. The van der Waals surface area contributed by atoms with Crippen molar-refractivity contribution in [1.82, 2.24) is 4.98 Å². The summed E-state index contributed by atoms with van der Waals surface area (Å²) >= 11 is 10.5. The summed E-state index contributed by atoms with van der Waals surface area (Å²) in [5.74, 6) is 0. The Hall–Kier alpha value is 0.900. The Labute approximate surface area is 98.2 Å². The van der Waals surface area contributed by atoms with Gasteiger partial charge in [0.2, 0.25) is 0 Å². The summed E-state index contributed by atoms with van der Waals surface area (Å²) in [5, 5.41) is 0.830. The van der Waals surface area contributed by atoms with Crippen LogP contribution in [-0.2, 0) is 0 Å². The van der Waals surface area contributed by atoms with Crippen LogP contribution in [-0.4, -0.2) is 4.98 Å². The highest BCUT2D eigenvalue weighted by molar-refractivity contribution is 14.1. The minimum absolute atomic E-state index is 0.830. The fraction of sp³-hybridized carbons (Fsp3) is 0.286. The van der Waals surface area contributed by atoms with E-state index >= 15 is 0 Å². The maximum absolute atomic E-state index is 6.03. The molecule has 1 rings (SSSR count). The fourth-order valence-electron chi connectivity index (χ4n) is 0.764. The highest BCUT2D eigenvalue weighted by atomic mass is 127. The second-order valence-electron chi connectivity index (χ2n) is 2.22. The molecule has 0 aliphatic heterocycles. The largest absolute Gasteiger partial charge is 0.256 e. The molecule has 1 aromatic rings. The standard InChI is InChI=1S/C7H6ClI2N/c1-3-6(9)5(8)7(10)4(2)11-3/h1-2H3. The van der Waals surface area contributed by atoms with E-state index in [1.165, 1.54) is 0 Å². The molecule has 0 fully saturated rings. The molecule has 0 aliphatic rings. The van der Waals surface area contributed by atoms with Gasteiger partial charge in [-0.1, -0.05) is 11.6 Å². The lowest BCUT2D eigenvalue weighted by Crippen LogP contribution is -1.95. The Kier molecular flexibility index (Phi) is 3.39. The van der Waals surface area contributed by atoms with Crippen LogP contribution < -0.4 is 0 Å². The van der Waals surface area contributed by atoms with Crippen molar-refractivity contribution in [1.29, 1.82) is 0 Å². The van der Waals surface area contributed by atoms with E-state index in [1.54, 1.807) is 0 Å². The van der Waals surface area contributed by atoms with Crippen molar-refractivity contribution in [2.75, 3.05) is 0 Å². The van der Waals surface area contributed by atoms with E-state index in [9.17, 15) is 0 Å². The molecule has 0 amide bonds.